The van der Waals surface area contributed by atoms with Gasteiger partial charge in [0.25, 0.3) is 7.82 Å². The first-order chi connectivity index (χ1) is 29.1. The summed E-state index contributed by atoms with van der Waals surface area (Å²) in [7, 11) is 1.37. The van der Waals surface area contributed by atoms with Gasteiger partial charge < -0.3 is 27.9 Å². The Morgan fingerprint density at radius 2 is 0.867 bits per heavy atom. The van der Waals surface area contributed by atoms with Crippen molar-refractivity contribution in [1.82, 2.24) is 0 Å². The van der Waals surface area contributed by atoms with Crippen molar-refractivity contribution in [2.24, 2.45) is 0 Å². The van der Waals surface area contributed by atoms with E-state index in [4.69, 9.17) is 18.5 Å². The molecule has 0 saturated heterocycles. The van der Waals surface area contributed by atoms with E-state index in [1.807, 2.05) is 21.1 Å². The fourth-order valence-corrected chi connectivity index (χ4v) is 8.27. The number of likely N-dealkylation sites (N-methyl/N-ethyl adjacent to an activating group) is 1. The molecule has 0 aromatic carbocycles. The third-order valence-electron chi connectivity index (χ3n) is 11.6. The van der Waals surface area contributed by atoms with Crippen LogP contribution in [0.3, 0.4) is 0 Å². The number of phosphoric acid groups is 1. The number of hydrogen-bond acceptors (Lipinski definition) is 7. The van der Waals surface area contributed by atoms with E-state index in [-0.39, 0.29) is 25.8 Å². The summed E-state index contributed by atoms with van der Waals surface area (Å²) in [6.07, 6.45) is 51.0. The summed E-state index contributed by atoms with van der Waals surface area (Å²) in [5.74, 6) is -0.337. The van der Waals surface area contributed by atoms with E-state index < -0.39 is 13.9 Å². The summed E-state index contributed by atoms with van der Waals surface area (Å²) in [6, 6.07) is 0. The van der Waals surface area contributed by atoms with E-state index in [0.717, 1.165) is 44.9 Å². The van der Waals surface area contributed by atoms with Crippen LogP contribution in [0.15, 0.2) is 12.2 Å². The third-order valence-corrected chi connectivity index (χ3v) is 12.5. The van der Waals surface area contributed by atoms with Crippen LogP contribution in [-0.2, 0) is 27.9 Å². The molecule has 0 saturated carbocycles. The van der Waals surface area contributed by atoms with E-state index in [1.54, 1.807) is 0 Å². The predicted molar refractivity (Wildman–Crippen MR) is 254 cm³/mol. The summed E-state index contributed by atoms with van der Waals surface area (Å²) < 4.78 is 34.7. The van der Waals surface area contributed by atoms with Gasteiger partial charge in [-0.15, -0.1) is 0 Å². The quantitative estimate of drug-likeness (QED) is 0.0198. The minimum absolute atomic E-state index is 0.0280. The average Bonchev–Trinajstić information content (AvgIpc) is 3.20. The molecule has 0 amide bonds. The lowest BCUT2D eigenvalue weighted by Gasteiger charge is -2.28. The van der Waals surface area contributed by atoms with Crippen LogP contribution in [0.1, 0.15) is 251 Å². The number of allylic oxidation sites excluding steroid dienone is 2. The molecule has 0 fully saturated rings. The number of carbonyl (C=O) groups is 1. The van der Waals surface area contributed by atoms with Crippen molar-refractivity contribution in [3.05, 3.63) is 12.2 Å². The highest BCUT2D eigenvalue weighted by atomic mass is 31.2. The Hall–Kier alpha value is -0.760. The number of esters is 1. The second kappa shape index (κ2) is 44.8. The fraction of sp³-hybridized carbons (Fsp3) is 0.941. The Morgan fingerprint density at radius 3 is 1.27 bits per heavy atom. The highest BCUT2D eigenvalue weighted by Crippen LogP contribution is 2.38. The predicted octanol–water partition coefficient (Wildman–Crippen LogP) is 15.2. The lowest BCUT2D eigenvalue weighted by atomic mass is 10.0. The van der Waals surface area contributed by atoms with Crippen LogP contribution < -0.4 is 4.89 Å². The van der Waals surface area contributed by atoms with Crippen molar-refractivity contribution in [2.45, 2.75) is 258 Å². The number of ether oxygens (including phenoxy) is 2. The molecule has 60 heavy (non-hydrogen) atoms. The molecule has 0 rings (SSSR count). The van der Waals surface area contributed by atoms with Crippen LogP contribution in [0.4, 0.5) is 0 Å². The molecular weight excluding hydrogens is 770 g/mol. The summed E-state index contributed by atoms with van der Waals surface area (Å²) in [6.45, 7) is 5.46. The molecule has 0 radical (unpaired) electrons. The van der Waals surface area contributed by atoms with Gasteiger partial charge in [0.15, 0.2) is 0 Å². The Kier molecular flexibility index (Phi) is 44.3. The smallest absolute Gasteiger partial charge is 0.306 e. The van der Waals surface area contributed by atoms with Crippen LogP contribution in [0.5, 0.6) is 0 Å². The van der Waals surface area contributed by atoms with Gasteiger partial charge in [-0.2, -0.15) is 0 Å². The zero-order chi connectivity index (χ0) is 44.1. The summed E-state index contributed by atoms with van der Waals surface area (Å²) in [5.41, 5.74) is 0. The first-order valence-electron chi connectivity index (χ1n) is 25.9. The third kappa shape index (κ3) is 48.3. The summed E-state index contributed by atoms with van der Waals surface area (Å²) in [4.78, 5) is 25.1. The second-order valence-corrected chi connectivity index (χ2v) is 20.3. The zero-order valence-corrected chi connectivity index (χ0v) is 41.6. The molecule has 0 bridgehead atoms. The number of rotatable bonds is 49. The van der Waals surface area contributed by atoms with Crippen LogP contribution >= 0.6 is 7.82 Å². The van der Waals surface area contributed by atoms with E-state index in [2.05, 4.69) is 26.0 Å². The topological polar surface area (TPSA) is 94.1 Å². The van der Waals surface area contributed by atoms with Crippen molar-refractivity contribution in [2.75, 3.05) is 54.1 Å². The number of carbonyl (C=O) groups excluding carboxylic acids is 1. The van der Waals surface area contributed by atoms with Crippen LogP contribution in [0.2, 0.25) is 0 Å². The molecule has 2 unspecified atom stereocenters. The molecule has 0 aromatic heterocycles. The number of nitrogens with zero attached hydrogens (tertiary/aromatic N) is 1. The maximum Gasteiger partial charge on any atom is 0.306 e. The molecule has 0 aliphatic carbocycles. The number of unbranched alkanes of at least 4 members (excludes halogenated alkanes) is 33. The van der Waals surface area contributed by atoms with E-state index in [9.17, 15) is 14.3 Å². The Labute approximate surface area is 373 Å². The minimum Gasteiger partial charge on any atom is -0.756 e. The SMILES string of the molecule is CCCCCCCC/C=C\CCCCCCCC(=O)OC(COCCCCCCCCCCCCCCCCCCCCCCCCC)COP(=O)([O-])OCC[N+](C)(C)C. The highest BCUT2D eigenvalue weighted by Gasteiger charge is 2.20. The molecule has 0 aliphatic rings. The van der Waals surface area contributed by atoms with Gasteiger partial charge in [-0.3, -0.25) is 9.36 Å². The lowest BCUT2D eigenvalue weighted by molar-refractivity contribution is -0.870. The molecule has 0 N–H and O–H groups in total. The standard InChI is InChI=1S/C51H102NO7P/c1-6-8-10-12-14-16-18-20-22-23-24-25-26-27-28-29-31-33-35-37-39-41-43-46-56-48-50(49-58-60(54,55)57-47-45-52(3,4)5)59-51(53)44-42-40-38-36-34-32-30-21-19-17-15-13-11-9-7-2/h21,30,50H,6-20,22-29,31-49H2,1-5H3/b30-21-. The Balaban J connectivity index is 4.06. The van der Waals surface area contributed by atoms with Gasteiger partial charge in [0.2, 0.25) is 0 Å². The van der Waals surface area contributed by atoms with Crippen LogP contribution in [0.25, 0.3) is 0 Å². The number of phosphoric ester groups is 1. The number of quaternary nitrogens is 1. The number of hydrogen-bond donors (Lipinski definition) is 0. The normalized spacial score (nSPS) is 13.6. The Bertz CT molecular complexity index is 972. The first-order valence-corrected chi connectivity index (χ1v) is 27.4. The van der Waals surface area contributed by atoms with Gasteiger partial charge in [0.05, 0.1) is 34.4 Å². The van der Waals surface area contributed by atoms with Gasteiger partial charge in [-0.05, 0) is 38.5 Å². The van der Waals surface area contributed by atoms with Gasteiger partial charge in [-0.1, -0.05) is 219 Å². The minimum atomic E-state index is -4.53. The van der Waals surface area contributed by atoms with E-state index >= 15 is 0 Å². The monoisotopic (exact) mass is 872 g/mol. The zero-order valence-electron chi connectivity index (χ0n) is 40.7. The molecule has 9 heteroatoms. The van der Waals surface area contributed by atoms with Crippen molar-refractivity contribution < 1.29 is 37.3 Å². The van der Waals surface area contributed by atoms with Crippen LogP contribution in [0, 0.1) is 0 Å². The van der Waals surface area contributed by atoms with Crippen molar-refractivity contribution in [3.8, 4) is 0 Å². The van der Waals surface area contributed by atoms with E-state index in [0.29, 0.717) is 24.1 Å². The van der Waals surface area contributed by atoms with Crippen molar-refractivity contribution in [1.29, 1.82) is 0 Å². The molecule has 0 spiro atoms. The van der Waals surface area contributed by atoms with Crippen molar-refractivity contribution >= 4 is 13.8 Å². The molecule has 0 aliphatic heterocycles. The Morgan fingerprint density at radius 1 is 0.500 bits per heavy atom. The fourth-order valence-electron chi connectivity index (χ4n) is 7.54. The average molecular weight is 872 g/mol. The largest absolute Gasteiger partial charge is 0.756 e. The summed E-state index contributed by atoms with van der Waals surface area (Å²) >= 11 is 0. The molecule has 0 aromatic rings. The van der Waals surface area contributed by atoms with Crippen LogP contribution in [-0.4, -0.2) is 70.7 Å². The van der Waals surface area contributed by atoms with Gasteiger partial charge >= 0.3 is 5.97 Å². The first kappa shape index (κ1) is 59.2. The van der Waals surface area contributed by atoms with Gasteiger partial charge in [-0.25, -0.2) is 0 Å². The molecule has 358 valence electrons. The molecular formula is C51H102NO7P. The van der Waals surface area contributed by atoms with Gasteiger partial charge in [0, 0.05) is 13.0 Å². The molecule has 2 atom stereocenters. The summed E-state index contributed by atoms with van der Waals surface area (Å²) in [5, 5.41) is 0. The van der Waals surface area contributed by atoms with Crippen molar-refractivity contribution in [3.63, 3.8) is 0 Å². The molecule has 0 heterocycles. The molecule has 8 nitrogen and oxygen atoms in total. The maximum atomic E-state index is 12.7. The lowest BCUT2D eigenvalue weighted by Crippen LogP contribution is -2.37. The maximum absolute atomic E-state index is 12.7. The second-order valence-electron chi connectivity index (χ2n) is 18.9. The van der Waals surface area contributed by atoms with Gasteiger partial charge in [0.1, 0.15) is 19.3 Å². The van der Waals surface area contributed by atoms with E-state index in [1.165, 1.54) is 186 Å². The highest BCUT2D eigenvalue weighted by molar-refractivity contribution is 7.45.